The average Bonchev–Trinajstić information content (AvgIpc) is 3.19. The monoisotopic (exact) mass is 268 g/mol. The molecule has 1 N–H and O–H groups in total. The molecule has 4 heteroatoms. The Balaban J connectivity index is 1.80. The molecule has 1 aliphatic heterocycles. The Kier molecular flexibility index (Phi) is 2.67. The molecule has 0 radical (unpaired) electrons. The van der Waals surface area contributed by atoms with E-state index >= 15 is 0 Å². The van der Waals surface area contributed by atoms with E-state index in [0.717, 1.165) is 30.7 Å². The van der Waals surface area contributed by atoms with Gasteiger partial charge in [0, 0.05) is 18.7 Å². The number of nitrogens with one attached hydrogen (secondary N) is 1. The second-order valence-corrected chi connectivity index (χ2v) is 6.12. The molecule has 1 atom stereocenters. The number of nitrogens with zero attached hydrogens (tertiary/aromatic N) is 3. The Hall–Kier alpha value is -1.68. The van der Waals surface area contributed by atoms with Crippen LogP contribution < -0.4 is 5.32 Å². The van der Waals surface area contributed by atoms with Crippen LogP contribution >= 0.6 is 0 Å². The van der Waals surface area contributed by atoms with Crippen LogP contribution in [0, 0.1) is 19.8 Å². The summed E-state index contributed by atoms with van der Waals surface area (Å²) in [5.74, 6) is 2.93. The van der Waals surface area contributed by atoms with Crippen LogP contribution in [0.2, 0.25) is 0 Å². The number of rotatable bonds is 2. The number of hydrogen-bond donors (Lipinski definition) is 1. The highest BCUT2D eigenvalue weighted by molar-refractivity contribution is 5.61. The van der Waals surface area contributed by atoms with Gasteiger partial charge in [0.25, 0.3) is 0 Å². The highest BCUT2D eigenvalue weighted by Crippen LogP contribution is 2.42. The SMILES string of the molecule is Cc1ccc(-c2nnc3n2CCNC3C2CC2)c(C)c1. The normalized spacial score (nSPS) is 21.8. The summed E-state index contributed by atoms with van der Waals surface area (Å²) < 4.78 is 2.32. The first-order valence-corrected chi connectivity index (χ1v) is 7.48. The Morgan fingerprint density at radius 1 is 1.20 bits per heavy atom. The van der Waals surface area contributed by atoms with E-state index < -0.39 is 0 Å². The lowest BCUT2D eigenvalue weighted by atomic mass is 10.0. The maximum absolute atomic E-state index is 4.49. The molecule has 2 heterocycles. The second-order valence-electron chi connectivity index (χ2n) is 6.12. The zero-order valence-electron chi connectivity index (χ0n) is 12.1. The topological polar surface area (TPSA) is 42.7 Å². The summed E-state index contributed by atoms with van der Waals surface area (Å²) in [7, 11) is 0. The van der Waals surface area contributed by atoms with Crippen LogP contribution in [0.25, 0.3) is 11.4 Å². The minimum Gasteiger partial charge on any atom is -0.308 e. The number of fused-ring (bicyclic) bond motifs is 1. The standard InChI is InChI=1S/C16H20N4/c1-10-3-6-13(11(2)9-10)15-18-19-16-14(12-4-5-12)17-7-8-20(15)16/h3,6,9,12,14,17H,4-5,7-8H2,1-2H3. The van der Waals surface area contributed by atoms with Crippen molar-refractivity contribution in [3.63, 3.8) is 0 Å². The lowest BCUT2D eigenvalue weighted by Crippen LogP contribution is -2.35. The quantitative estimate of drug-likeness (QED) is 0.910. The van der Waals surface area contributed by atoms with Crippen molar-refractivity contribution >= 4 is 0 Å². The van der Waals surface area contributed by atoms with Gasteiger partial charge in [0.2, 0.25) is 0 Å². The van der Waals surface area contributed by atoms with Crippen LogP contribution in [0.1, 0.15) is 35.8 Å². The summed E-state index contributed by atoms with van der Waals surface area (Å²) in [4.78, 5) is 0. The Labute approximate surface area is 119 Å². The molecule has 1 unspecified atom stereocenters. The Morgan fingerprint density at radius 2 is 2.05 bits per heavy atom. The van der Waals surface area contributed by atoms with Gasteiger partial charge in [0.05, 0.1) is 6.04 Å². The average molecular weight is 268 g/mol. The molecule has 2 aromatic rings. The van der Waals surface area contributed by atoms with E-state index in [9.17, 15) is 0 Å². The summed E-state index contributed by atoms with van der Waals surface area (Å²) in [6, 6.07) is 6.96. The summed E-state index contributed by atoms with van der Waals surface area (Å²) >= 11 is 0. The summed E-state index contributed by atoms with van der Waals surface area (Å²) in [5, 5.41) is 12.6. The molecule has 0 saturated heterocycles. The first-order valence-electron chi connectivity index (χ1n) is 7.48. The van der Waals surface area contributed by atoms with Crippen molar-refractivity contribution < 1.29 is 0 Å². The number of hydrogen-bond acceptors (Lipinski definition) is 3. The van der Waals surface area contributed by atoms with E-state index in [0.29, 0.717) is 6.04 Å². The fourth-order valence-electron chi connectivity index (χ4n) is 3.26. The van der Waals surface area contributed by atoms with Gasteiger partial charge in [-0.2, -0.15) is 0 Å². The van der Waals surface area contributed by atoms with E-state index in [-0.39, 0.29) is 0 Å². The molecule has 104 valence electrons. The molecule has 4 nitrogen and oxygen atoms in total. The zero-order chi connectivity index (χ0) is 13.7. The molecule has 1 saturated carbocycles. The van der Waals surface area contributed by atoms with Crippen molar-refractivity contribution in [2.75, 3.05) is 6.54 Å². The third-order valence-corrected chi connectivity index (χ3v) is 4.47. The highest BCUT2D eigenvalue weighted by Gasteiger charge is 2.37. The fraction of sp³-hybridized carbons (Fsp3) is 0.500. The van der Waals surface area contributed by atoms with Gasteiger partial charge >= 0.3 is 0 Å². The molecule has 1 fully saturated rings. The maximum atomic E-state index is 4.49. The van der Waals surface area contributed by atoms with Crippen molar-refractivity contribution in [1.82, 2.24) is 20.1 Å². The first-order chi connectivity index (χ1) is 9.74. The minimum atomic E-state index is 0.413. The minimum absolute atomic E-state index is 0.413. The molecule has 1 aliphatic carbocycles. The molecule has 1 aromatic carbocycles. The van der Waals surface area contributed by atoms with Gasteiger partial charge in [0.15, 0.2) is 11.6 Å². The molecule has 0 spiro atoms. The second kappa shape index (κ2) is 4.42. The van der Waals surface area contributed by atoms with Gasteiger partial charge in [-0.05, 0) is 38.2 Å². The molecular formula is C16H20N4. The highest BCUT2D eigenvalue weighted by atomic mass is 15.3. The van der Waals surface area contributed by atoms with Crippen LogP contribution in [-0.2, 0) is 6.54 Å². The van der Waals surface area contributed by atoms with Crippen molar-refractivity contribution in [2.24, 2.45) is 5.92 Å². The van der Waals surface area contributed by atoms with E-state index in [1.54, 1.807) is 0 Å². The van der Waals surface area contributed by atoms with Crippen LogP contribution in [0.15, 0.2) is 18.2 Å². The molecule has 0 bridgehead atoms. The maximum Gasteiger partial charge on any atom is 0.164 e. The van der Waals surface area contributed by atoms with E-state index in [1.165, 1.54) is 29.5 Å². The molecule has 2 aliphatic rings. The lowest BCUT2D eigenvalue weighted by Gasteiger charge is -2.25. The van der Waals surface area contributed by atoms with E-state index in [4.69, 9.17) is 0 Å². The summed E-state index contributed by atoms with van der Waals surface area (Å²) in [5.41, 5.74) is 3.79. The first kappa shape index (κ1) is 12.1. The van der Waals surface area contributed by atoms with Gasteiger partial charge in [-0.3, -0.25) is 0 Å². The molecular weight excluding hydrogens is 248 g/mol. The molecule has 0 amide bonds. The molecule has 20 heavy (non-hydrogen) atoms. The fourth-order valence-corrected chi connectivity index (χ4v) is 3.26. The smallest absolute Gasteiger partial charge is 0.164 e. The van der Waals surface area contributed by atoms with Crippen molar-refractivity contribution in [2.45, 2.75) is 39.3 Å². The Bertz CT molecular complexity index is 654. The summed E-state index contributed by atoms with van der Waals surface area (Å²) in [6.45, 7) is 6.27. The van der Waals surface area contributed by atoms with Crippen molar-refractivity contribution in [3.05, 3.63) is 35.2 Å². The van der Waals surface area contributed by atoms with E-state index in [1.807, 2.05) is 0 Å². The van der Waals surface area contributed by atoms with Gasteiger partial charge in [0.1, 0.15) is 0 Å². The largest absolute Gasteiger partial charge is 0.308 e. The molecule has 1 aromatic heterocycles. The van der Waals surface area contributed by atoms with Crippen LogP contribution in [0.3, 0.4) is 0 Å². The predicted molar refractivity (Wildman–Crippen MR) is 78.4 cm³/mol. The van der Waals surface area contributed by atoms with Crippen LogP contribution in [-0.4, -0.2) is 21.3 Å². The third kappa shape index (κ3) is 1.86. The van der Waals surface area contributed by atoms with Crippen molar-refractivity contribution in [1.29, 1.82) is 0 Å². The van der Waals surface area contributed by atoms with Gasteiger partial charge in [-0.15, -0.1) is 10.2 Å². The predicted octanol–water partition coefficient (Wildman–Crippen LogP) is 2.62. The van der Waals surface area contributed by atoms with E-state index in [2.05, 4.69) is 52.1 Å². The Morgan fingerprint density at radius 3 is 2.80 bits per heavy atom. The van der Waals surface area contributed by atoms with Crippen LogP contribution in [0.4, 0.5) is 0 Å². The number of benzene rings is 1. The van der Waals surface area contributed by atoms with Crippen LogP contribution in [0.5, 0.6) is 0 Å². The zero-order valence-corrected chi connectivity index (χ0v) is 12.1. The lowest BCUT2D eigenvalue weighted by molar-refractivity contribution is 0.383. The van der Waals surface area contributed by atoms with Gasteiger partial charge in [-0.1, -0.05) is 23.8 Å². The van der Waals surface area contributed by atoms with Crippen molar-refractivity contribution in [3.8, 4) is 11.4 Å². The summed E-state index contributed by atoms with van der Waals surface area (Å²) in [6.07, 6.45) is 2.65. The third-order valence-electron chi connectivity index (χ3n) is 4.47. The van der Waals surface area contributed by atoms with Gasteiger partial charge < -0.3 is 9.88 Å². The van der Waals surface area contributed by atoms with Gasteiger partial charge in [-0.25, -0.2) is 0 Å². The number of aromatic nitrogens is 3. The number of aryl methyl sites for hydroxylation is 2. The molecule has 4 rings (SSSR count).